The third kappa shape index (κ3) is 9.02. The smallest absolute Gasteiger partial charge is 0.272 e. The lowest BCUT2D eigenvalue weighted by Crippen LogP contribution is -2.30. The van der Waals surface area contributed by atoms with Gasteiger partial charge in [-0.2, -0.15) is 0 Å². The Morgan fingerprint density at radius 1 is 0.894 bits per heavy atom. The molecule has 0 aliphatic carbocycles. The average Bonchev–Trinajstić information content (AvgIpc) is 3.55. The molecule has 0 saturated heterocycles. The van der Waals surface area contributed by atoms with Crippen molar-refractivity contribution in [3.63, 3.8) is 0 Å². The van der Waals surface area contributed by atoms with Gasteiger partial charge in [0.25, 0.3) is 11.8 Å². The van der Waals surface area contributed by atoms with Gasteiger partial charge in [-0.25, -0.2) is 4.98 Å². The van der Waals surface area contributed by atoms with Crippen molar-refractivity contribution in [3.8, 4) is 17.0 Å². The lowest BCUT2D eigenvalue weighted by molar-refractivity contribution is -0.115. The first-order valence-electron chi connectivity index (χ1n) is 14.2. The molecule has 0 radical (unpaired) electrons. The zero-order valence-corrected chi connectivity index (χ0v) is 28.3. The van der Waals surface area contributed by atoms with E-state index in [1.807, 2.05) is 35.7 Å². The second kappa shape index (κ2) is 15.8. The first-order valence-corrected chi connectivity index (χ1v) is 16.7. The van der Waals surface area contributed by atoms with Crippen LogP contribution >= 0.6 is 46.3 Å². The summed E-state index contributed by atoms with van der Waals surface area (Å²) in [4.78, 5) is 44.6. The van der Waals surface area contributed by atoms with E-state index >= 15 is 0 Å². The quantitative estimate of drug-likeness (QED) is 0.0939. The molecule has 47 heavy (non-hydrogen) atoms. The van der Waals surface area contributed by atoms with Gasteiger partial charge >= 0.3 is 0 Å². The number of benzene rings is 4. The number of carbonyl (C=O) groups is 3. The van der Waals surface area contributed by atoms with Crippen LogP contribution in [0.5, 0.6) is 5.75 Å². The summed E-state index contributed by atoms with van der Waals surface area (Å²) in [5.41, 5.74) is 3.06. The molecule has 0 bridgehead atoms. The van der Waals surface area contributed by atoms with Crippen LogP contribution in [0.15, 0.2) is 113 Å². The lowest BCUT2D eigenvalue weighted by atomic mass is 10.1. The molecule has 0 saturated carbocycles. The molecule has 238 valence electrons. The normalized spacial score (nSPS) is 11.8. The minimum absolute atomic E-state index is 0.0385. The number of amides is 3. The van der Waals surface area contributed by atoms with E-state index in [9.17, 15) is 14.4 Å². The summed E-state index contributed by atoms with van der Waals surface area (Å²) in [7, 11) is 1.54. The van der Waals surface area contributed by atoms with Gasteiger partial charge in [-0.1, -0.05) is 65.7 Å². The Kier molecular flexibility index (Phi) is 11.3. The molecule has 3 N–H and O–H groups in total. The summed E-state index contributed by atoms with van der Waals surface area (Å²) >= 11 is 14.8. The Bertz CT molecular complexity index is 1930. The van der Waals surface area contributed by atoms with E-state index in [0.717, 1.165) is 10.5 Å². The molecule has 12 heteroatoms. The van der Waals surface area contributed by atoms with Gasteiger partial charge in [0, 0.05) is 32.7 Å². The molecular weight excluding hydrogens is 675 g/mol. The van der Waals surface area contributed by atoms with Crippen molar-refractivity contribution in [2.45, 2.75) is 17.1 Å². The highest BCUT2D eigenvalue weighted by atomic mass is 35.5. The van der Waals surface area contributed by atoms with Crippen molar-refractivity contribution in [1.29, 1.82) is 0 Å². The number of nitrogens with zero attached hydrogens (tertiary/aromatic N) is 1. The highest BCUT2D eigenvalue weighted by Gasteiger charge is 2.18. The number of para-hydroxylation sites is 1. The highest BCUT2D eigenvalue weighted by Crippen LogP contribution is 2.31. The van der Waals surface area contributed by atoms with E-state index in [1.54, 1.807) is 79.7 Å². The monoisotopic (exact) mass is 702 g/mol. The van der Waals surface area contributed by atoms with Crippen molar-refractivity contribution in [3.05, 3.63) is 129 Å². The first-order chi connectivity index (χ1) is 22.7. The highest BCUT2D eigenvalue weighted by molar-refractivity contribution is 8.00. The Balaban J connectivity index is 1.22. The van der Waals surface area contributed by atoms with Crippen LogP contribution < -0.4 is 20.7 Å². The van der Waals surface area contributed by atoms with E-state index in [4.69, 9.17) is 27.9 Å². The third-order valence-corrected chi connectivity index (χ3v) is 9.32. The molecule has 4 aromatic carbocycles. The minimum atomic E-state index is -0.517. The fourth-order valence-corrected chi connectivity index (χ4v) is 6.17. The summed E-state index contributed by atoms with van der Waals surface area (Å²) in [6, 6.07) is 28.1. The van der Waals surface area contributed by atoms with Gasteiger partial charge < -0.3 is 20.7 Å². The predicted octanol–water partition coefficient (Wildman–Crippen LogP) is 8.65. The summed E-state index contributed by atoms with van der Waals surface area (Å²) in [5, 5.41) is 11.2. The van der Waals surface area contributed by atoms with E-state index < -0.39 is 17.1 Å². The van der Waals surface area contributed by atoms with Crippen LogP contribution in [0, 0.1) is 0 Å². The third-order valence-electron chi connectivity index (χ3n) is 6.71. The van der Waals surface area contributed by atoms with E-state index in [-0.39, 0.29) is 11.6 Å². The molecule has 0 spiro atoms. The van der Waals surface area contributed by atoms with Gasteiger partial charge in [0.2, 0.25) is 5.91 Å². The van der Waals surface area contributed by atoms with Crippen molar-refractivity contribution < 1.29 is 19.1 Å². The number of nitrogens with one attached hydrogen (secondary N) is 3. The number of halogens is 2. The van der Waals surface area contributed by atoms with Crippen LogP contribution in [-0.4, -0.2) is 35.1 Å². The summed E-state index contributed by atoms with van der Waals surface area (Å²) in [6.07, 6.45) is 1.57. The van der Waals surface area contributed by atoms with Gasteiger partial charge in [0.1, 0.15) is 11.4 Å². The van der Waals surface area contributed by atoms with Crippen LogP contribution in [0.1, 0.15) is 22.8 Å². The molecule has 5 rings (SSSR count). The van der Waals surface area contributed by atoms with Gasteiger partial charge in [0.05, 0.1) is 28.1 Å². The SMILES string of the molecule is COc1ccccc1/C=C(\NC(=O)c1ccccc1)C(=O)Nc1ccc(SC(C)C(=O)Nc2nc(-c3ccc(Cl)c(Cl)c3)cs2)cc1. The molecule has 1 atom stereocenters. The Hall–Kier alpha value is -4.61. The van der Waals surface area contributed by atoms with E-state index in [1.165, 1.54) is 30.2 Å². The molecule has 0 fully saturated rings. The van der Waals surface area contributed by atoms with Crippen molar-refractivity contribution in [2.75, 3.05) is 17.7 Å². The average molecular weight is 704 g/mol. The summed E-state index contributed by atoms with van der Waals surface area (Å²) in [6.45, 7) is 1.80. The van der Waals surface area contributed by atoms with Gasteiger partial charge in [-0.05, 0) is 67.6 Å². The Morgan fingerprint density at radius 2 is 1.62 bits per heavy atom. The van der Waals surface area contributed by atoms with E-state index in [0.29, 0.717) is 43.4 Å². The number of thioether (sulfide) groups is 1. The molecule has 1 heterocycles. The fourth-order valence-electron chi connectivity index (χ4n) is 4.28. The molecule has 1 unspecified atom stereocenters. The zero-order valence-electron chi connectivity index (χ0n) is 25.1. The van der Waals surface area contributed by atoms with Crippen LogP contribution in [0.2, 0.25) is 10.0 Å². The molecule has 0 aliphatic rings. The number of hydrogen-bond acceptors (Lipinski definition) is 7. The van der Waals surface area contributed by atoms with Crippen molar-refractivity contribution in [2.24, 2.45) is 0 Å². The largest absolute Gasteiger partial charge is 0.496 e. The summed E-state index contributed by atoms with van der Waals surface area (Å²) in [5.74, 6) is -0.600. The zero-order chi connectivity index (χ0) is 33.3. The van der Waals surface area contributed by atoms with Crippen molar-refractivity contribution >= 4 is 80.9 Å². The number of carbonyl (C=O) groups excluding carboxylic acids is 3. The maximum Gasteiger partial charge on any atom is 0.272 e. The van der Waals surface area contributed by atoms with Gasteiger partial charge in [-0.15, -0.1) is 23.1 Å². The van der Waals surface area contributed by atoms with Crippen LogP contribution in [0.3, 0.4) is 0 Å². The van der Waals surface area contributed by atoms with E-state index in [2.05, 4.69) is 20.9 Å². The second-order valence-corrected chi connectivity index (χ2v) is 13.1. The first kappa shape index (κ1) is 33.7. The maximum absolute atomic E-state index is 13.4. The Labute approximate surface area is 290 Å². The van der Waals surface area contributed by atoms with Crippen LogP contribution in [0.4, 0.5) is 10.8 Å². The molecule has 8 nitrogen and oxygen atoms in total. The number of aromatic nitrogens is 1. The fraction of sp³-hybridized carbons (Fsp3) is 0.0857. The second-order valence-electron chi connectivity index (χ2n) is 10.0. The number of anilines is 2. The van der Waals surface area contributed by atoms with Crippen molar-refractivity contribution in [1.82, 2.24) is 10.3 Å². The standard InChI is InChI=1S/C35H28Cl2N4O4S2/c1-21(32(42)41-35-40-30(20-46-35)23-12-17-27(36)28(37)18-23)47-26-15-13-25(14-16-26)38-34(44)29(19-24-10-6-7-11-31(24)45-2)39-33(43)22-8-4-3-5-9-22/h3-21H,1-2H3,(H,38,44)(H,39,43)(H,40,41,42)/b29-19-. The van der Waals surface area contributed by atoms with Crippen LogP contribution in [-0.2, 0) is 9.59 Å². The number of hydrogen-bond donors (Lipinski definition) is 3. The molecule has 0 aliphatic heterocycles. The Morgan fingerprint density at radius 3 is 2.34 bits per heavy atom. The number of ether oxygens (including phenoxy) is 1. The molecule has 3 amide bonds. The lowest BCUT2D eigenvalue weighted by Gasteiger charge is -2.13. The summed E-state index contributed by atoms with van der Waals surface area (Å²) < 4.78 is 5.42. The van der Waals surface area contributed by atoms with Crippen LogP contribution in [0.25, 0.3) is 17.3 Å². The maximum atomic E-state index is 13.4. The molecule has 5 aromatic rings. The molecular formula is C35H28Cl2N4O4S2. The molecule has 1 aromatic heterocycles. The predicted molar refractivity (Wildman–Crippen MR) is 191 cm³/mol. The minimum Gasteiger partial charge on any atom is -0.496 e. The number of thiazole rings is 1. The number of rotatable bonds is 11. The van der Waals surface area contributed by atoms with Gasteiger partial charge in [0.15, 0.2) is 5.13 Å². The van der Waals surface area contributed by atoms with Gasteiger partial charge in [-0.3, -0.25) is 14.4 Å². The topological polar surface area (TPSA) is 109 Å². The number of methoxy groups -OCH3 is 1.